The summed E-state index contributed by atoms with van der Waals surface area (Å²) in [5.74, 6) is -0.118. The van der Waals surface area contributed by atoms with E-state index in [1.54, 1.807) is 22.0 Å². The van der Waals surface area contributed by atoms with E-state index in [9.17, 15) is 4.79 Å². The van der Waals surface area contributed by atoms with Gasteiger partial charge < -0.3 is 0 Å². The van der Waals surface area contributed by atoms with Crippen LogP contribution in [0.4, 0.5) is 5.13 Å². The molecular formula is C21H15BrN6OS. The molecule has 0 atom stereocenters. The van der Waals surface area contributed by atoms with Gasteiger partial charge in [0.2, 0.25) is 0 Å². The van der Waals surface area contributed by atoms with Crippen molar-refractivity contribution in [3.8, 4) is 0 Å². The second kappa shape index (κ2) is 7.92. The topological polar surface area (TPSA) is 76.8 Å². The molecule has 3 aromatic heterocycles. The van der Waals surface area contributed by atoms with Crippen molar-refractivity contribution in [3.05, 3.63) is 77.0 Å². The Kier molecular flexibility index (Phi) is 4.97. The van der Waals surface area contributed by atoms with Crippen molar-refractivity contribution >= 4 is 59.6 Å². The van der Waals surface area contributed by atoms with Crippen molar-refractivity contribution in [2.24, 2.45) is 0 Å². The quantitative estimate of drug-likeness (QED) is 0.373. The maximum absolute atomic E-state index is 13.4. The number of amides is 1. The first-order valence-corrected chi connectivity index (χ1v) is 10.8. The van der Waals surface area contributed by atoms with Crippen LogP contribution >= 0.6 is 27.3 Å². The number of rotatable bonds is 5. The van der Waals surface area contributed by atoms with Crippen LogP contribution in [0.2, 0.25) is 0 Å². The van der Waals surface area contributed by atoms with Crippen LogP contribution in [-0.4, -0.2) is 30.9 Å². The second-order valence-corrected chi connectivity index (χ2v) is 8.61. The van der Waals surface area contributed by atoms with E-state index >= 15 is 0 Å². The van der Waals surface area contributed by atoms with E-state index in [2.05, 4.69) is 31.2 Å². The van der Waals surface area contributed by atoms with Gasteiger partial charge >= 0.3 is 0 Å². The van der Waals surface area contributed by atoms with Gasteiger partial charge in [0.25, 0.3) is 5.91 Å². The van der Waals surface area contributed by atoms with Crippen LogP contribution in [0.25, 0.3) is 21.3 Å². The lowest BCUT2D eigenvalue weighted by Crippen LogP contribution is -2.33. The van der Waals surface area contributed by atoms with Crippen molar-refractivity contribution in [3.63, 3.8) is 0 Å². The highest BCUT2D eigenvalue weighted by molar-refractivity contribution is 9.10. The van der Waals surface area contributed by atoms with E-state index in [1.807, 2.05) is 54.6 Å². The van der Waals surface area contributed by atoms with Gasteiger partial charge in [-0.15, -0.1) is 5.10 Å². The normalized spacial score (nSPS) is 11.2. The summed E-state index contributed by atoms with van der Waals surface area (Å²) in [5.41, 5.74) is 3.36. The Morgan fingerprint density at radius 1 is 1.10 bits per heavy atom. The summed E-state index contributed by atoms with van der Waals surface area (Å²) in [6.45, 7) is 0.445. The summed E-state index contributed by atoms with van der Waals surface area (Å²) in [5, 5.41) is 8.94. The first-order chi connectivity index (χ1) is 14.7. The Hall–Kier alpha value is -3.17. The highest BCUT2D eigenvalue weighted by Crippen LogP contribution is 2.32. The van der Waals surface area contributed by atoms with Gasteiger partial charge in [-0.1, -0.05) is 50.7 Å². The minimum absolute atomic E-state index is 0.0698. The van der Waals surface area contributed by atoms with Crippen LogP contribution in [0, 0.1) is 0 Å². The Morgan fingerprint density at radius 3 is 2.87 bits per heavy atom. The van der Waals surface area contributed by atoms with Crippen LogP contribution < -0.4 is 4.90 Å². The molecule has 5 rings (SSSR count). The van der Waals surface area contributed by atoms with Crippen molar-refractivity contribution in [1.29, 1.82) is 0 Å². The zero-order chi connectivity index (χ0) is 20.5. The predicted molar refractivity (Wildman–Crippen MR) is 120 cm³/mol. The average molecular weight is 479 g/mol. The zero-order valence-corrected chi connectivity index (χ0v) is 18.0. The number of hydrogen-bond donors (Lipinski definition) is 0. The number of hydrogen-bond acceptors (Lipinski definition) is 6. The second-order valence-electron chi connectivity index (χ2n) is 6.69. The third-order valence-electron chi connectivity index (χ3n) is 4.64. The number of nitrogens with zero attached hydrogens (tertiary/aromatic N) is 6. The molecule has 5 aromatic rings. The van der Waals surface area contributed by atoms with Gasteiger partial charge in [0.1, 0.15) is 12.1 Å². The molecule has 0 saturated heterocycles. The molecular weight excluding hydrogens is 464 g/mol. The smallest absolute Gasteiger partial charge is 0.250 e. The molecule has 9 heteroatoms. The fourth-order valence-corrected chi connectivity index (χ4v) is 4.72. The SMILES string of the molecule is O=C(Cn1nnc2ccccc21)N(Cc1cccnc1)c1nc2ccc(Br)cc2s1. The lowest BCUT2D eigenvalue weighted by atomic mass is 10.2. The van der Waals surface area contributed by atoms with Crippen molar-refractivity contribution in [2.75, 3.05) is 4.90 Å². The van der Waals surface area contributed by atoms with Gasteiger partial charge in [-0.25, -0.2) is 9.67 Å². The summed E-state index contributed by atoms with van der Waals surface area (Å²) in [7, 11) is 0. The molecule has 0 radical (unpaired) electrons. The molecule has 0 fully saturated rings. The average Bonchev–Trinajstić information content (AvgIpc) is 3.36. The highest BCUT2D eigenvalue weighted by atomic mass is 79.9. The lowest BCUT2D eigenvalue weighted by Gasteiger charge is -2.20. The van der Waals surface area contributed by atoms with Crippen LogP contribution in [0.1, 0.15) is 5.56 Å². The van der Waals surface area contributed by atoms with Crippen LogP contribution in [0.3, 0.4) is 0 Å². The standard InChI is InChI=1S/C21H15BrN6OS/c22-15-7-8-17-19(10-15)30-21(24-17)27(12-14-4-3-9-23-11-14)20(29)13-28-18-6-2-1-5-16(18)25-26-28/h1-11H,12-13H2. The van der Waals surface area contributed by atoms with Gasteiger partial charge in [-0.2, -0.15) is 0 Å². The molecule has 0 aliphatic rings. The van der Waals surface area contributed by atoms with Crippen LogP contribution in [0.5, 0.6) is 0 Å². The van der Waals surface area contributed by atoms with E-state index in [0.717, 1.165) is 31.3 Å². The number of thiazole rings is 1. The lowest BCUT2D eigenvalue weighted by molar-refractivity contribution is -0.119. The fraction of sp³-hybridized carbons (Fsp3) is 0.0952. The number of anilines is 1. The Bertz CT molecular complexity index is 1350. The molecule has 0 aliphatic heterocycles. The van der Waals surface area contributed by atoms with Gasteiger partial charge in [0.05, 0.1) is 22.3 Å². The van der Waals surface area contributed by atoms with Crippen molar-refractivity contribution in [1.82, 2.24) is 25.0 Å². The van der Waals surface area contributed by atoms with E-state index < -0.39 is 0 Å². The number of fused-ring (bicyclic) bond motifs is 2. The molecule has 0 N–H and O–H groups in total. The Morgan fingerprint density at radius 2 is 2.00 bits per heavy atom. The minimum Gasteiger partial charge on any atom is -0.282 e. The number of halogens is 1. The number of carbonyl (C=O) groups excluding carboxylic acids is 1. The summed E-state index contributed by atoms with van der Waals surface area (Å²) in [4.78, 5) is 23.9. The third kappa shape index (κ3) is 3.69. The Labute approximate surface area is 184 Å². The molecule has 1 amide bonds. The van der Waals surface area contributed by atoms with Crippen LogP contribution in [0.15, 0.2) is 71.5 Å². The minimum atomic E-state index is -0.118. The molecule has 0 unspecified atom stereocenters. The number of benzene rings is 2. The first-order valence-electron chi connectivity index (χ1n) is 9.21. The van der Waals surface area contributed by atoms with Gasteiger partial charge in [0.15, 0.2) is 5.13 Å². The molecule has 7 nitrogen and oxygen atoms in total. The summed E-state index contributed by atoms with van der Waals surface area (Å²) in [6.07, 6.45) is 3.47. The maximum Gasteiger partial charge on any atom is 0.250 e. The molecule has 0 aliphatic carbocycles. The van der Waals surface area contributed by atoms with Crippen molar-refractivity contribution < 1.29 is 4.79 Å². The molecule has 30 heavy (non-hydrogen) atoms. The van der Waals surface area contributed by atoms with Crippen LogP contribution in [-0.2, 0) is 17.9 Å². The van der Waals surface area contributed by atoms with Gasteiger partial charge in [0, 0.05) is 16.9 Å². The molecule has 3 heterocycles. The Balaban J connectivity index is 1.51. The van der Waals surface area contributed by atoms with E-state index in [1.165, 1.54) is 11.3 Å². The zero-order valence-electron chi connectivity index (χ0n) is 15.6. The molecule has 0 saturated carbocycles. The predicted octanol–water partition coefficient (Wildman–Crippen LogP) is 4.43. The highest BCUT2D eigenvalue weighted by Gasteiger charge is 2.22. The number of para-hydroxylation sites is 1. The molecule has 0 bridgehead atoms. The fourth-order valence-electron chi connectivity index (χ4n) is 3.19. The van der Waals surface area contributed by atoms with E-state index in [-0.39, 0.29) is 12.5 Å². The number of carbonyl (C=O) groups is 1. The molecule has 148 valence electrons. The number of pyridine rings is 1. The van der Waals surface area contributed by atoms with Crippen molar-refractivity contribution in [2.45, 2.75) is 13.1 Å². The monoisotopic (exact) mass is 478 g/mol. The van der Waals surface area contributed by atoms with Gasteiger partial charge in [-0.05, 0) is 42.0 Å². The number of aromatic nitrogens is 5. The first kappa shape index (κ1) is 18.8. The summed E-state index contributed by atoms with van der Waals surface area (Å²) >= 11 is 4.98. The molecule has 0 spiro atoms. The maximum atomic E-state index is 13.4. The largest absolute Gasteiger partial charge is 0.282 e. The molecule has 2 aromatic carbocycles. The van der Waals surface area contributed by atoms with Gasteiger partial charge in [-0.3, -0.25) is 14.7 Å². The van der Waals surface area contributed by atoms with E-state index in [0.29, 0.717) is 11.7 Å². The third-order valence-corrected chi connectivity index (χ3v) is 6.17. The van der Waals surface area contributed by atoms with E-state index in [4.69, 9.17) is 4.98 Å². The summed E-state index contributed by atoms with van der Waals surface area (Å²) < 4.78 is 3.61. The summed E-state index contributed by atoms with van der Waals surface area (Å²) in [6, 6.07) is 17.3.